The molecule has 0 atom stereocenters. The summed E-state index contributed by atoms with van der Waals surface area (Å²) in [4.78, 5) is 12.8. The predicted molar refractivity (Wildman–Crippen MR) is 52.2 cm³/mol. The van der Waals surface area contributed by atoms with E-state index in [1.54, 1.807) is 14.2 Å². The first kappa shape index (κ1) is 12.7. The Balaban J connectivity index is 3.76. The smallest absolute Gasteiger partial charge is 0.222 e. The van der Waals surface area contributed by atoms with E-state index in [0.717, 1.165) is 0 Å². The molecule has 0 bridgehead atoms. The number of hydrogen-bond acceptors (Lipinski definition) is 4. The van der Waals surface area contributed by atoms with E-state index in [1.807, 2.05) is 0 Å². The minimum absolute atomic E-state index is 0.0209. The van der Waals surface area contributed by atoms with Crippen molar-refractivity contribution in [1.29, 1.82) is 0 Å². The fraction of sp³-hybridized carbons (Fsp3) is 0.750. The van der Waals surface area contributed by atoms with Gasteiger partial charge in [0, 0.05) is 27.2 Å². The number of hydrogen-bond donors (Lipinski definition) is 2. The van der Waals surface area contributed by atoms with Gasteiger partial charge in [0.2, 0.25) is 5.91 Å². The van der Waals surface area contributed by atoms with Crippen molar-refractivity contribution in [2.75, 3.05) is 27.3 Å². The van der Waals surface area contributed by atoms with Crippen molar-refractivity contribution in [2.24, 2.45) is 10.9 Å². The van der Waals surface area contributed by atoms with Crippen LogP contribution in [0.25, 0.3) is 0 Å². The standard InChI is InChI=1S/C8H17N3O3/c1-11(6-7(9)10-13)8(12)4-3-5-14-2/h13H,3-6H2,1-2H3,(H2,9,10). The second-order valence-corrected chi connectivity index (χ2v) is 2.94. The van der Waals surface area contributed by atoms with Crippen molar-refractivity contribution in [3.05, 3.63) is 0 Å². The highest BCUT2D eigenvalue weighted by Gasteiger charge is 2.09. The topological polar surface area (TPSA) is 88.2 Å². The lowest BCUT2D eigenvalue weighted by Gasteiger charge is -2.15. The molecule has 0 saturated carbocycles. The van der Waals surface area contributed by atoms with Crippen LogP contribution in [-0.4, -0.2) is 49.2 Å². The third kappa shape index (κ3) is 5.36. The van der Waals surface area contributed by atoms with E-state index in [2.05, 4.69) is 5.16 Å². The molecule has 0 aliphatic carbocycles. The maximum Gasteiger partial charge on any atom is 0.222 e. The van der Waals surface area contributed by atoms with E-state index in [9.17, 15) is 4.79 Å². The molecule has 0 saturated heterocycles. The number of nitrogens with zero attached hydrogens (tertiary/aromatic N) is 2. The summed E-state index contributed by atoms with van der Waals surface area (Å²) in [7, 11) is 3.19. The van der Waals surface area contributed by atoms with E-state index < -0.39 is 0 Å². The molecule has 0 spiro atoms. The normalized spacial score (nSPS) is 11.4. The molecule has 1 amide bonds. The molecule has 0 aromatic heterocycles. The van der Waals surface area contributed by atoms with Gasteiger partial charge >= 0.3 is 0 Å². The summed E-state index contributed by atoms with van der Waals surface area (Å²) < 4.78 is 4.82. The number of methoxy groups -OCH3 is 1. The number of rotatable bonds is 6. The summed E-state index contributed by atoms with van der Waals surface area (Å²) in [6, 6.07) is 0. The molecule has 0 aromatic carbocycles. The average molecular weight is 203 g/mol. The highest BCUT2D eigenvalue weighted by Crippen LogP contribution is 1.95. The summed E-state index contributed by atoms with van der Waals surface area (Å²) in [5.74, 6) is -0.0266. The fourth-order valence-electron chi connectivity index (χ4n) is 0.921. The average Bonchev–Trinajstić information content (AvgIpc) is 2.17. The lowest BCUT2D eigenvalue weighted by Crippen LogP contribution is -2.35. The second-order valence-electron chi connectivity index (χ2n) is 2.94. The number of ether oxygens (including phenoxy) is 1. The van der Waals surface area contributed by atoms with Gasteiger partial charge in [-0.25, -0.2) is 0 Å². The van der Waals surface area contributed by atoms with Crippen LogP contribution >= 0.6 is 0 Å². The predicted octanol–water partition coefficient (Wildman–Crippen LogP) is -0.382. The Hall–Kier alpha value is -1.30. The Morgan fingerprint density at radius 3 is 2.79 bits per heavy atom. The summed E-state index contributed by atoms with van der Waals surface area (Å²) in [6.07, 6.45) is 1.08. The van der Waals surface area contributed by atoms with Crippen LogP contribution in [0.1, 0.15) is 12.8 Å². The summed E-state index contributed by atoms with van der Waals surface area (Å²) >= 11 is 0. The Morgan fingerprint density at radius 1 is 1.64 bits per heavy atom. The van der Waals surface area contributed by atoms with Crippen LogP contribution in [-0.2, 0) is 9.53 Å². The molecule has 6 nitrogen and oxygen atoms in total. The molecular formula is C8H17N3O3. The molecule has 0 aliphatic heterocycles. The lowest BCUT2D eigenvalue weighted by atomic mass is 10.3. The van der Waals surface area contributed by atoms with Crippen molar-refractivity contribution in [1.82, 2.24) is 4.90 Å². The van der Waals surface area contributed by atoms with E-state index in [-0.39, 0.29) is 18.3 Å². The maximum atomic E-state index is 11.3. The summed E-state index contributed by atoms with van der Waals surface area (Å²) in [6.45, 7) is 0.700. The monoisotopic (exact) mass is 203 g/mol. The largest absolute Gasteiger partial charge is 0.409 e. The van der Waals surface area contributed by atoms with Crippen LogP contribution in [0.2, 0.25) is 0 Å². The van der Waals surface area contributed by atoms with Gasteiger partial charge < -0.3 is 20.6 Å². The Labute approximate surface area is 83.3 Å². The molecule has 0 aliphatic rings. The molecule has 0 fully saturated rings. The lowest BCUT2D eigenvalue weighted by molar-refractivity contribution is -0.129. The molecule has 0 rings (SSSR count). The van der Waals surface area contributed by atoms with Crippen molar-refractivity contribution < 1.29 is 14.7 Å². The quantitative estimate of drug-likeness (QED) is 0.202. The SMILES string of the molecule is COCCCC(=O)N(C)CC(N)=NO. The van der Waals surface area contributed by atoms with E-state index in [4.69, 9.17) is 15.7 Å². The van der Waals surface area contributed by atoms with Crippen LogP contribution in [0, 0.1) is 0 Å². The van der Waals surface area contributed by atoms with Gasteiger partial charge in [-0.05, 0) is 6.42 Å². The number of carbonyl (C=O) groups excluding carboxylic acids is 1. The van der Waals surface area contributed by atoms with Crippen LogP contribution in [0.4, 0.5) is 0 Å². The van der Waals surface area contributed by atoms with Gasteiger partial charge in [-0.2, -0.15) is 0 Å². The zero-order valence-electron chi connectivity index (χ0n) is 8.56. The van der Waals surface area contributed by atoms with Crippen molar-refractivity contribution in [2.45, 2.75) is 12.8 Å². The van der Waals surface area contributed by atoms with Crippen LogP contribution in [0.5, 0.6) is 0 Å². The first-order chi connectivity index (χ1) is 6.61. The molecule has 0 unspecified atom stereocenters. The Bertz CT molecular complexity index is 206. The Kier molecular flexibility index (Phi) is 6.47. The number of nitrogens with two attached hydrogens (primary N) is 1. The van der Waals surface area contributed by atoms with Gasteiger partial charge in [0.1, 0.15) is 0 Å². The van der Waals surface area contributed by atoms with Gasteiger partial charge in [0.05, 0.1) is 6.54 Å². The third-order valence-electron chi connectivity index (χ3n) is 1.69. The van der Waals surface area contributed by atoms with Gasteiger partial charge in [0.25, 0.3) is 0 Å². The van der Waals surface area contributed by atoms with E-state index in [0.29, 0.717) is 19.4 Å². The summed E-state index contributed by atoms with van der Waals surface area (Å²) in [5, 5.41) is 11.1. The number of carbonyl (C=O) groups is 1. The molecule has 0 radical (unpaired) electrons. The maximum absolute atomic E-state index is 11.3. The van der Waals surface area contributed by atoms with Crippen molar-refractivity contribution in [3.63, 3.8) is 0 Å². The molecule has 82 valence electrons. The summed E-state index contributed by atoms with van der Waals surface area (Å²) in [5.41, 5.74) is 5.25. The van der Waals surface area contributed by atoms with E-state index >= 15 is 0 Å². The van der Waals surface area contributed by atoms with Crippen molar-refractivity contribution >= 4 is 11.7 Å². The number of likely N-dealkylation sites (N-methyl/N-ethyl adjacent to an activating group) is 1. The molecular weight excluding hydrogens is 186 g/mol. The van der Waals surface area contributed by atoms with E-state index in [1.165, 1.54) is 4.90 Å². The van der Waals surface area contributed by atoms with Crippen molar-refractivity contribution in [3.8, 4) is 0 Å². The minimum Gasteiger partial charge on any atom is -0.409 e. The molecule has 0 heterocycles. The van der Waals surface area contributed by atoms with Gasteiger partial charge in [-0.15, -0.1) is 0 Å². The number of oxime groups is 1. The zero-order chi connectivity index (χ0) is 11.0. The molecule has 0 aromatic rings. The van der Waals surface area contributed by atoms with Gasteiger partial charge in [-0.1, -0.05) is 5.16 Å². The zero-order valence-corrected chi connectivity index (χ0v) is 8.56. The minimum atomic E-state index is -0.0475. The highest BCUT2D eigenvalue weighted by molar-refractivity contribution is 5.86. The number of amidine groups is 1. The molecule has 6 heteroatoms. The molecule has 3 N–H and O–H groups in total. The van der Waals surface area contributed by atoms with Crippen LogP contribution < -0.4 is 5.73 Å². The fourth-order valence-corrected chi connectivity index (χ4v) is 0.921. The molecule has 14 heavy (non-hydrogen) atoms. The van der Waals surface area contributed by atoms with Crippen LogP contribution in [0.15, 0.2) is 5.16 Å². The van der Waals surface area contributed by atoms with Gasteiger partial charge in [0.15, 0.2) is 5.84 Å². The first-order valence-electron chi connectivity index (χ1n) is 4.31. The van der Waals surface area contributed by atoms with Crippen LogP contribution in [0.3, 0.4) is 0 Å². The Morgan fingerprint density at radius 2 is 2.29 bits per heavy atom. The van der Waals surface area contributed by atoms with Gasteiger partial charge in [-0.3, -0.25) is 4.79 Å². The highest BCUT2D eigenvalue weighted by atomic mass is 16.5. The second kappa shape index (κ2) is 7.14. The first-order valence-corrected chi connectivity index (χ1v) is 4.31. The number of amides is 1. The third-order valence-corrected chi connectivity index (χ3v) is 1.69.